The lowest BCUT2D eigenvalue weighted by molar-refractivity contribution is -0.444. The van der Waals surface area contributed by atoms with E-state index in [0.717, 1.165) is 71.9 Å². The van der Waals surface area contributed by atoms with E-state index in [1.807, 2.05) is 0 Å². The van der Waals surface area contributed by atoms with Gasteiger partial charge in [0.05, 0.1) is 13.2 Å². The summed E-state index contributed by atoms with van der Waals surface area (Å²) >= 11 is 0. The van der Waals surface area contributed by atoms with Crippen LogP contribution in [0.5, 0.6) is 0 Å². The van der Waals surface area contributed by atoms with Gasteiger partial charge < -0.3 is 9.47 Å². The quantitative estimate of drug-likeness (QED) is 0.661. The van der Waals surface area contributed by atoms with Crippen molar-refractivity contribution in [2.24, 2.45) is 0 Å². The van der Waals surface area contributed by atoms with Crippen LogP contribution in [0.2, 0.25) is 0 Å². The van der Waals surface area contributed by atoms with E-state index in [-0.39, 0.29) is 0 Å². The van der Waals surface area contributed by atoms with E-state index in [1.165, 1.54) is 38.5 Å². The first-order chi connectivity index (χ1) is 13.8. The van der Waals surface area contributed by atoms with Crippen LogP contribution in [0.1, 0.15) is 58.3 Å². The Bertz CT molecular complexity index is 450. The van der Waals surface area contributed by atoms with Crippen LogP contribution < -0.4 is 5.32 Å². The highest BCUT2D eigenvalue weighted by Crippen LogP contribution is 2.38. The van der Waals surface area contributed by atoms with E-state index in [9.17, 15) is 0 Å². The fourth-order valence-corrected chi connectivity index (χ4v) is 5.35. The van der Waals surface area contributed by atoms with Crippen LogP contribution in [0.3, 0.4) is 0 Å². The number of piperidine rings is 2. The number of nitrogens with one attached hydrogen (secondary N) is 1. The summed E-state index contributed by atoms with van der Waals surface area (Å²) in [5, 5.41) is 3.75. The predicted molar refractivity (Wildman–Crippen MR) is 109 cm³/mol. The fraction of sp³-hybridized carbons (Fsp3) is 1.00. The van der Waals surface area contributed by atoms with Gasteiger partial charge in [0.25, 0.3) is 6.03 Å². The molecule has 0 bridgehead atoms. The molecule has 0 amide bonds. The molecular weight excluding hydrogens is 356 g/mol. The van der Waals surface area contributed by atoms with Crippen molar-refractivity contribution >= 4 is 0 Å². The molecule has 0 aliphatic carbocycles. The molecule has 0 saturated carbocycles. The van der Waals surface area contributed by atoms with Crippen LogP contribution in [0.4, 0.5) is 0 Å². The van der Waals surface area contributed by atoms with E-state index in [0.29, 0.717) is 6.61 Å². The fourth-order valence-electron chi connectivity index (χ4n) is 5.35. The second-order valence-corrected chi connectivity index (χ2v) is 8.59. The second kappa shape index (κ2) is 9.69. The lowest BCUT2D eigenvalue weighted by atomic mass is 10.1. The summed E-state index contributed by atoms with van der Waals surface area (Å²) in [7, 11) is 0. The third kappa shape index (κ3) is 4.26. The number of likely N-dealkylation sites (tertiary alicyclic amines) is 2. The summed E-state index contributed by atoms with van der Waals surface area (Å²) in [6.07, 6.45) is 9.67. The Hall–Kier alpha value is -0.280. The molecule has 28 heavy (non-hydrogen) atoms. The van der Waals surface area contributed by atoms with Crippen LogP contribution in [-0.4, -0.2) is 92.2 Å². The molecular formula is C21H40N4O3. The normalized spacial score (nSPS) is 32.0. The molecule has 4 aliphatic heterocycles. The standard InChI is InChI=1S/C21H40N4O3/c1-2-27-21(24-12-5-3-6-13-24,25-14-7-4-8-15-25)28-20(10-9-11-22-20)23-16-18-26-19-17-23/h22H,2-19H2,1H3. The average molecular weight is 397 g/mol. The predicted octanol–water partition coefficient (Wildman–Crippen LogP) is 1.99. The van der Waals surface area contributed by atoms with Crippen LogP contribution in [-0.2, 0) is 14.2 Å². The van der Waals surface area contributed by atoms with Gasteiger partial charge in [-0.2, -0.15) is 0 Å². The zero-order chi connectivity index (χ0) is 19.3. The molecule has 4 heterocycles. The van der Waals surface area contributed by atoms with Crippen molar-refractivity contribution in [1.29, 1.82) is 0 Å². The first-order valence-electron chi connectivity index (χ1n) is 11.7. The Morgan fingerprint density at radius 3 is 1.96 bits per heavy atom. The van der Waals surface area contributed by atoms with Gasteiger partial charge in [-0.25, -0.2) is 9.80 Å². The zero-order valence-electron chi connectivity index (χ0n) is 17.8. The molecule has 4 fully saturated rings. The molecule has 0 spiro atoms. The van der Waals surface area contributed by atoms with Crippen molar-refractivity contribution in [1.82, 2.24) is 20.0 Å². The molecule has 0 aromatic rings. The third-order valence-corrected chi connectivity index (χ3v) is 6.76. The zero-order valence-corrected chi connectivity index (χ0v) is 17.8. The number of morpholine rings is 1. The maximum atomic E-state index is 7.23. The van der Waals surface area contributed by atoms with Gasteiger partial charge in [0.1, 0.15) is 0 Å². The van der Waals surface area contributed by atoms with Crippen LogP contribution >= 0.6 is 0 Å². The third-order valence-electron chi connectivity index (χ3n) is 6.76. The van der Waals surface area contributed by atoms with Crippen molar-refractivity contribution in [3.63, 3.8) is 0 Å². The van der Waals surface area contributed by atoms with Gasteiger partial charge >= 0.3 is 0 Å². The smallest absolute Gasteiger partial charge is 0.299 e. The minimum absolute atomic E-state index is 0.451. The minimum Gasteiger partial charge on any atom is -0.379 e. The number of hydrogen-bond donors (Lipinski definition) is 1. The Morgan fingerprint density at radius 1 is 0.857 bits per heavy atom. The highest BCUT2D eigenvalue weighted by atomic mass is 16.8. The highest BCUT2D eigenvalue weighted by molar-refractivity contribution is 4.90. The summed E-state index contributed by atoms with van der Waals surface area (Å²) in [6, 6.07) is -0.759. The van der Waals surface area contributed by atoms with Crippen LogP contribution in [0.15, 0.2) is 0 Å². The number of rotatable bonds is 7. The molecule has 1 atom stereocenters. The maximum absolute atomic E-state index is 7.23. The molecule has 1 unspecified atom stereocenters. The highest BCUT2D eigenvalue weighted by Gasteiger charge is 2.54. The van der Waals surface area contributed by atoms with E-state index < -0.39 is 11.9 Å². The van der Waals surface area contributed by atoms with Crippen LogP contribution in [0, 0.1) is 0 Å². The summed E-state index contributed by atoms with van der Waals surface area (Å²) < 4.78 is 19.5. The van der Waals surface area contributed by atoms with E-state index in [1.54, 1.807) is 0 Å². The van der Waals surface area contributed by atoms with Gasteiger partial charge in [0, 0.05) is 52.3 Å². The lowest BCUT2D eigenvalue weighted by Gasteiger charge is -2.56. The van der Waals surface area contributed by atoms with Gasteiger partial charge in [-0.1, -0.05) is 12.8 Å². The van der Waals surface area contributed by atoms with Gasteiger partial charge in [0.2, 0.25) is 0 Å². The topological polar surface area (TPSA) is 49.4 Å². The number of ether oxygens (including phenoxy) is 3. The molecule has 0 aromatic carbocycles. The molecule has 7 nitrogen and oxygen atoms in total. The van der Waals surface area contributed by atoms with E-state index in [2.05, 4.69) is 26.9 Å². The molecule has 7 heteroatoms. The Kier molecular flexibility index (Phi) is 7.25. The van der Waals surface area contributed by atoms with Gasteiger partial charge in [0.15, 0.2) is 5.85 Å². The second-order valence-electron chi connectivity index (χ2n) is 8.59. The van der Waals surface area contributed by atoms with Crippen molar-refractivity contribution in [2.45, 2.75) is 70.2 Å². The average Bonchev–Trinajstić information content (AvgIpc) is 3.25. The number of hydrogen-bond acceptors (Lipinski definition) is 7. The molecule has 4 rings (SSSR count). The molecule has 0 aromatic heterocycles. The molecule has 0 radical (unpaired) electrons. The first kappa shape index (κ1) is 21.0. The molecule has 4 saturated heterocycles. The summed E-state index contributed by atoms with van der Waals surface area (Å²) in [5.74, 6) is -0.451. The minimum atomic E-state index is -0.759. The largest absolute Gasteiger partial charge is 0.379 e. The molecule has 162 valence electrons. The van der Waals surface area contributed by atoms with Gasteiger partial charge in [-0.3, -0.25) is 15.0 Å². The van der Waals surface area contributed by atoms with Crippen molar-refractivity contribution < 1.29 is 14.2 Å². The Morgan fingerprint density at radius 2 is 1.46 bits per heavy atom. The Balaban J connectivity index is 1.65. The summed E-state index contributed by atoms with van der Waals surface area (Å²) in [5.41, 5.74) is 0. The van der Waals surface area contributed by atoms with E-state index in [4.69, 9.17) is 14.2 Å². The van der Waals surface area contributed by atoms with Crippen molar-refractivity contribution in [3.05, 3.63) is 0 Å². The van der Waals surface area contributed by atoms with Gasteiger partial charge in [-0.15, -0.1) is 0 Å². The number of nitrogens with zero attached hydrogens (tertiary/aromatic N) is 3. The summed E-state index contributed by atoms with van der Waals surface area (Å²) in [6.45, 7) is 11.4. The van der Waals surface area contributed by atoms with E-state index >= 15 is 0 Å². The monoisotopic (exact) mass is 396 g/mol. The van der Waals surface area contributed by atoms with Gasteiger partial charge in [-0.05, 0) is 45.6 Å². The molecule has 1 N–H and O–H groups in total. The molecule has 4 aliphatic rings. The lowest BCUT2D eigenvalue weighted by Crippen LogP contribution is -2.73. The van der Waals surface area contributed by atoms with Crippen molar-refractivity contribution in [2.75, 3.05) is 65.6 Å². The SMILES string of the molecule is CCOC(OC1(N2CCOCC2)CCCN1)(N1CCCCC1)N1CCCCC1. The Labute approximate surface area is 170 Å². The maximum Gasteiger partial charge on any atom is 0.299 e. The summed E-state index contributed by atoms with van der Waals surface area (Å²) in [4.78, 5) is 7.45. The first-order valence-corrected chi connectivity index (χ1v) is 11.7. The van der Waals surface area contributed by atoms with Crippen LogP contribution in [0.25, 0.3) is 0 Å². The van der Waals surface area contributed by atoms with Crippen molar-refractivity contribution in [3.8, 4) is 0 Å².